The average molecular weight is 617 g/mol. The second-order valence-electron chi connectivity index (χ2n) is 7.77. The first-order valence-electron chi connectivity index (χ1n) is 11.1. The number of benzene rings is 3. The van der Waals surface area contributed by atoms with Gasteiger partial charge in [-0.05, 0) is 95.2 Å². The first-order valence-corrected chi connectivity index (χ1v) is 12.5. The Kier molecular flexibility index (Phi) is 8.27. The number of ether oxygens (including phenoxy) is 3. The third-order valence-electron chi connectivity index (χ3n) is 5.00. The molecule has 1 heterocycles. The van der Waals surface area contributed by atoms with Gasteiger partial charge < -0.3 is 19.5 Å². The average Bonchev–Trinajstić information content (AvgIpc) is 3.20. The largest absolute Gasteiger partial charge is 0.490 e. The molecule has 0 unspecified atom stereocenters. The molecule has 0 spiro atoms. The van der Waals surface area contributed by atoms with Crippen molar-refractivity contribution in [2.24, 2.45) is 4.99 Å². The van der Waals surface area contributed by atoms with Crippen LogP contribution in [0, 0.1) is 3.57 Å². The van der Waals surface area contributed by atoms with Gasteiger partial charge in [-0.25, -0.2) is 9.79 Å². The minimum Gasteiger partial charge on any atom is -0.490 e. The lowest BCUT2D eigenvalue weighted by molar-refractivity contribution is -0.129. The molecule has 0 aliphatic carbocycles. The van der Waals surface area contributed by atoms with Crippen LogP contribution in [0.5, 0.6) is 11.5 Å². The van der Waals surface area contributed by atoms with E-state index in [0.717, 1.165) is 14.7 Å². The Morgan fingerprint density at radius 2 is 1.83 bits per heavy atom. The lowest BCUT2D eigenvalue weighted by atomic mass is 10.1. The van der Waals surface area contributed by atoms with E-state index in [1.54, 1.807) is 36.4 Å². The van der Waals surface area contributed by atoms with Crippen LogP contribution in [0.2, 0.25) is 5.02 Å². The zero-order valence-electron chi connectivity index (χ0n) is 19.5. The second-order valence-corrected chi connectivity index (χ2v) is 9.37. The second kappa shape index (κ2) is 11.6. The van der Waals surface area contributed by atoms with Crippen LogP contribution in [0.15, 0.2) is 71.4 Å². The van der Waals surface area contributed by atoms with E-state index in [-0.39, 0.29) is 17.5 Å². The van der Waals surface area contributed by atoms with Crippen LogP contribution in [0.4, 0.5) is 5.69 Å². The van der Waals surface area contributed by atoms with Crippen molar-refractivity contribution in [3.63, 3.8) is 0 Å². The Balaban J connectivity index is 1.56. The van der Waals surface area contributed by atoms with Gasteiger partial charge in [0.2, 0.25) is 11.8 Å². The number of amides is 1. The van der Waals surface area contributed by atoms with Gasteiger partial charge in [0, 0.05) is 23.2 Å². The summed E-state index contributed by atoms with van der Waals surface area (Å²) >= 11 is 8.14. The van der Waals surface area contributed by atoms with Gasteiger partial charge in [-0.1, -0.05) is 23.7 Å². The number of esters is 1. The van der Waals surface area contributed by atoms with Crippen LogP contribution in [0.3, 0.4) is 0 Å². The SMILES string of the molecule is CCOc1cc(/C=C2\N=C(c3ccc(NC(C)=O)cc3)OC2=O)cc(I)c1OCc1ccc(Cl)cc1. The quantitative estimate of drug-likeness (QED) is 0.184. The molecule has 0 fully saturated rings. The zero-order valence-corrected chi connectivity index (χ0v) is 22.4. The van der Waals surface area contributed by atoms with Crippen LogP contribution in [0.1, 0.15) is 30.5 Å². The summed E-state index contributed by atoms with van der Waals surface area (Å²) in [5.74, 6) is 0.664. The van der Waals surface area contributed by atoms with Crippen molar-refractivity contribution in [3.8, 4) is 11.5 Å². The summed E-state index contributed by atoms with van der Waals surface area (Å²) in [4.78, 5) is 28.1. The van der Waals surface area contributed by atoms with Gasteiger partial charge in [-0.2, -0.15) is 0 Å². The maximum atomic E-state index is 12.5. The van der Waals surface area contributed by atoms with Crippen LogP contribution < -0.4 is 14.8 Å². The Bertz CT molecular complexity index is 1350. The molecular formula is C27H22ClIN2O5. The number of carbonyl (C=O) groups excluding carboxylic acids is 2. The molecule has 0 saturated carbocycles. The third kappa shape index (κ3) is 6.44. The van der Waals surface area contributed by atoms with Crippen molar-refractivity contribution in [1.82, 2.24) is 0 Å². The zero-order chi connectivity index (χ0) is 25.7. The summed E-state index contributed by atoms with van der Waals surface area (Å²) in [6.07, 6.45) is 1.65. The number of anilines is 1. The fourth-order valence-corrected chi connectivity index (χ4v) is 4.31. The van der Waals surface area contributed by atoms with Crippen molar-refractivity contribution >= 4 is 63.7 Å². The van der Waals surface area contributed by atoms with Crippen molar-refractivity contribution < 1.29 is 23.8 Å². The van der Waals surface area contributed by atoms with E-state index in [1.165, 1.54) is 6.92 Å². The highest BCUT2D eigenvalue weighted by Crippen LogP contribution is 2.36. The van der Waals surface area contributed by atoms with E-state index in [0.29, 0.717) is 41.0 Å². The summed E-state index contributed by atoms with van der Waals surface area (Å²) in [6.45, 7) is 4.13. The molecule has 4 rings (SSSR count). The number of nitrogens with one attached hydrogen (secondary N) is 1. The van der Waals surface area contributed by atoms with Gasteiger partial charge in [0.1, 0.15) is 6.61 Å². The number of aliphatic imine (C=N–C) groups is 1. The molecule has 0 saturated heterocycles. The number of rotatable bonds is 8. The van der Waals surface area contributed by atoms with Gasteiger partial charge in [-0.15, -0.1) is 0 Å². The molecule has 184 valence electrons. The standard InChI is InChI=1S/C27H22ClIN2O5/c1-3-34-24-14-18(12-22(29)25(24)35-15-17-4-8-20(28)9-5-17)13-23-27(33)36-26(31-23)19-6-10-21(11-7-19)30-16(2)32/h4-14H,3,15H2,1-2H3,(H,30,32)/b23-13-. The predicted molar refractivity (Wildman–Crippen MR) is 147 cm³/mol. The minimum atomic E-state index is -0.549. The Labute approximate surface area is 227 Å². The number of cyclic esters (lactones) is 1. The summed E-state index contributed by atoms with van der Waals surface area (Å²) in [5.41, 5.74) is 3.13. The molecule has 0 atom stereocenters. The third-order valence-corrected chi connectivity index (χ3v) is 6.06. The lowest BCUT2D eigenvalue weighted by Crippen LogP contribution is -2.07. The predicted octanol–water partition coefficient (Wildman–Crippen LogP) is 6.23. The van der Waals surface area contributed by atoms with Crippen LogP contribution in [-0.4, -0.2) is 24.4 Å². The van der Waals surface area contributed by atoms with Crippen LogP contribution in [0.25, 0.3) is 6.08 Å². The monoisotopic (exact) mass is 616 g/mol. The number of hydrogen-bond donors (Lipinski definition) is 1. The Morgan fingerprint density at radius 3 is 2.50 bits per heavy atom. The Morgan fingerprint density at radius 1 is 1.11 bits per heavy atom. The first-order chi connectivity index (χ1) is 17.3. The fourth-order valence-electron chi connectivity index (χ4n) is 3.40. The van der Waals surface area contributed by atoms with Gasteiger partial charge in [0.25, 0.3) is 0 Å². The summed E-state index contributed by atoms with van der Waals surface area (Å²) in [5, 5.41) is 3.36. The molecule has 7 nitrogen and oxygen atoms in total. The molecule has 1 aliphatic heterocycles. The van der Waals surface area contributed by atoms with Gasteiger partial charge >= 0.3 is 5.97 Å². The topological polar surface area (TPSA) is 86.2 Å². The summed E-state index contributed by atoms with van der Waals surface area (Å²) in [7, 11) is 0. The number of halogens is 2. The van der Waals surface area contributed by atoms with Gasteiger partial charge in [0.05, 0.1) is 10.2 Å². The van der Waals surface area contributed by atoms with Gasteiger partial charge in [0.15, 0.2) is 17.2 Å². The van der Waals surface area contributed by atoms with E-state index in [9.17, 15) is 9.59 Å². The molecule has 0 radical (unpaired) electrons. The number of carbonyl (C=O) groups is 2. The molecule has 3 aromatic carbocycles. The smallest absolute Gasteiger partial charge is 0.363 e. The van der Waals surface area contributed by atoms with Gasteiger partial charge in [-0.3, -0.25) is 4.79 Å². The molecular weight excluding hydrogens is 595 g/mol. The molecule has 0 bridgehead atoms. The fraction of sp³-hybridized carbons (Fsp3) is 0.148. The van der Waals surface area contributed by atoms with Crippen molar-refractivity contribution in [1.29, 1.82) is 0 Å². The molecule has 3 aromatic rings. The maximum absolute atomic E-state index is 12.5. The summed E-state index contributed by atoms with van der Waals surface area (Å²) in [6, 6.07) is 18.0. The molecule has 0 aromatic heterocycles. The minimum absolute atomic E-state index is 0.167. The van der Waals surface area contributed by atoms with Crippen molar-refractivity contribution in [2.75, 3.05) is 11.9 Å². The molecule has 9 heteroatoms. The van der Waals surface area contributed by atoms with E-state index in [4.69, 9.17) is 25.8 Å². The van der Waals surface area contributed by atoms with Crippen molar-refractivity contribution in [3.05, 3.63) is 91.6 Å². The molecule has 1 amide bonds. The Hall–Kier alpha value is -3.37. The number of hydrogen-bond acceptors (Lipinski definition) is 6. The van der Waals surface area contributed by atoms with E-state index >= 15 is 0 Å². The molecule has 1 aliphatic rings. The van der Waals surface area contributed by atoms with Crippen molar-refractivity contribution in [2.45, 2.75) is 20.5 Å². The maximum Gasteiger partial charge on any atom is 0.363 e. The number of nitrogens with zero attached hydrogens (tertiary/aromatic N) is 1. The normalized spacial score (nSPS) is 13.8. The van der Waals surface area contributed by atoms with E-state index in [1.807, 2.05) is 37.3 Å². The molecule has 1 N–H and O–H groups in total. The summed E-state index contributed by atoms with van der Waals surface area (Å²) < 4.78 is 18.1. The van der Waals surface area contributed by atoms with Crippen LogP contribution >= 0.6 is 34.2 Å². The lowest BCUT2D eigenvalue weighted by Gasteiger charge is -2.15. The highest BCUT2D eigenvalue weighted by atomic mass is 127. The highest BCUT2D eigenvalue weighted by Gasteiger charge is 2.24. The highest BCUT2D eigenvalue weighted by molar-refractivity contribution is 14.1. The van der Waals surface area contributed by atoms with Crippen LogP contribution in [-0.2, 0) is 20.9 Å². The first kappa shape index (κ1) is 25.7. The molecule has 36 heavy (non-hydrogen) atoms. The van der Waals surface area contributed by atoms with E-state index in [2.05, 4.69) is 32.9 Å². The van der Waals surface area contributed by atoms with E-state index < -0.39 is 5.97 Å².